The van der Waals surface area contributed by atoms with Gasteiger partial charge in [0.2, 0.25) is 5.88 Å². The van der Waals surface area contributed by atoms with Gasteiger partial charge in [-0.25, -0.2) is 27.8 Å². The molecule has 0 atom stereocenters. The van der Waals surface area contributed by atoms with E-state index in [0.29, 0.717) is 16.9 Å². The highest BCUT2D eigenvalue weighted by molar-refractivity contribution is 7.92. The minimum Gasteiger partial charge on any atom is -0.480 e. The van der Waals surface area contributed by atoms with Gasteiger partial charge in [0.05, 0.1) is 29.6 Å². The van der Waals surface area contributed by atoms with E-state index in [2.05, 4.69) is 41.7 Å². The molecule has 0 unspecified atom stereocenters. The summed E-state index contributed by atoms with van der Waals surface area (Å²) < 4.78 is 47.8. The van der Waals surface area contributed by atoms with Gasteiger partial charge in [-0.1, -0.05) is 23.4 Å². The molecule has 2 N–H and O–H groups in total. The van der Waals surface area contributed by atoms with Crippen molar-refractivity contribution in [2.45, 2.75) is 11.8 Å². The van der Waals surface area contributed by atoms with Crippen LogP contribution in [0.2, 0.25) is 5.02 Å². The average Bonchev–Trinajstić information content (AvgIpc) is 3.23. The molecule has 0 amide bonds. The zero-order valence-electron chi connectivity index (χ0n) is 16.6. The molecule has 0 aromatic carbocycles. The van der Waals surface area contributed by atoms with E-state index in [4.69, 9.17) is 16.3 Å². The molecule has 0 spiro atoms. The number of rotatable bonds is 4. The van der Waals surface area contributed by atoms with Crippen LogP contribution in [-0.2, 0) is 10.0 Å². The number of methoxy groups -OCH3 is 1. The molecule has 4 aromatic rings. The Bertz CT molecular complexity index is 1510. The van der Waals surface area contributed by atoms with Crippen molar-refractivity contribution in [2.24, 2.45) is 0 Å². The highest BCUT2D eigenvalue weighted by Gasteiger charge is 2.25. The van der Waals surface area contributed by atoms with E-state index < -0.39 is 21.7 Å². The summed E-state index contributed by atoms with van der Waals surface area (Å²) in [5, 5.41) is 7.46. The van der Waals surface area contributed by atoms with Gasteiger partial charge in [0.15, 0.2) is 22.2 Å². The fourth-order valence-corrected chi connectivity index (χ4v) is 4.07. The third kappa shape index (κ3) is 4.18. The third-order valence-electron chi connectivity index (χ3n) is 4.32. The lowest BCUT2D eigenvalue weighted by atomic mass is 10.2. The molecule has 0 saturated heterocycles. The molecule has 4 rings (SSSR count). The highest BCUT2D eigenvalue weighted by Crippen LogP contribution is 2.29. The van der Waals surface area contributed by atoms with Gasteiger partial charge in [0.1, 0.15) is 0 Å². The minimum atomic E-state index is -4.31. The second-order valence-electron chi connectivity index (χ2n) is 6.47. The molecule has 9 nitrogen and oxygen atoms in total. The molecule has 0 bridgehead atoms. The molecule has 162 valence electrons. The zero-order valence-corrected chi connectivity index (χ0v) is 18.2. The number of aromatic amines is 1. The molecule has 4 aromatic heterocycles. The van der Waals surface area contributed by atoms with E-state index >= 15 is 0 Å². The van der Waals surface area contributed by atoms with Crippen LogP contribution < -0.4 is 9.46 Å². The molecule has 0 saturated carbocycles. The predicted octanol–water partition coefficient (Wildman–Crippen LogP) is 3.06. The summed E-state index contributed by atoms with van der Waals surface area (Å²) in [5.41, 5.74) is 1.45. The van der Waals surface area contributed by atoms with Crippen LogP contribution in [0.25, 0.3) is 11.0 Å². The summed E-state index contributed by atoms with van der Waals surface area (Å²) in [4.78, 5) is 11.6. The minimum absolute atomic E-state index is 0.0583. The smallest absolute Gasteiger partial charge is 0.268 e. The number of fused-ring (bicyclic) bond motifs is 1. The number of hydrogen-bond donors (Lipinski definition) is 2. The summed E-state index contributed by atoms with van der Waals surface area (Å²) >= 11 is 6.01. The number of aryl methyl sites for hydroxylation is 1. The normalized spacial score (nSPS) is 11.1. The Morgan fingerprint density at radius 3 is 2.81 bits per heavy atom. The Kier molecular flexibility index (Phi) is 5.65. The summed E-state index contributed by atoms with van der Waals surface area (Å²) in [6.07, 6.45) is 4.34. The number of ether oxygens (including phenoxy) is 1. The van der Waals surface area contributed by atoms with Crippen molar-refractivity contribution in [3.05, 3.63) is 64.5 Å². The number of aromatic nitrogens is 5. The van der Waals surface area contributed by atoms with Crippen molar-refractivity contribution in [2.75, 3.05) is 11.8 Å². The van der Waals surface area contributed by atoms with Crippen molar-refractivity contribution < 1.29 is 17.5 Å². The standard InChI is InChI=1S/C20H14ClFN6O3S/c1-11-15(21)8-16(20(26-11)31-2)32(29,30)28-19-17(22)13(5-6-23-19)4-3-12-7-14-10-25-27-18(14)24-9-12/h5-10H,1-2H3,(H,23,28)(H,24,25,27). The van der Waals surface area contributed by atoms with Crippen molar-refractivity contribution in [3.8, 4) is 17.7 Å². The van der Waals surface area contributed by atoms with Gasteiger partial charge in [0.25, 0.3) is 10.0 Å². The molecule has 4 heterocycles. The number of nitrogens with zero attached hydrogens (tertiary/aromatic N) is 4. The maximum absolute atomic E-state index is 15.0. The Morgan fingerprint density at radius 2 is 2.03 bits per heavy atom. The van der Waals surface area contributed by atoms with E-state index in [1.165, 1.54) is 31.6 Å². The first-order valence-electron chi connectivity index (χ1n) is 8.98. The topological polar surface area (TPSA) is 123 Å². The van der Waals surface area contributed by atoms with Gasteiger partial charge in [0, 0.05) is 23.3 Å². The molecular weight excluding hydrogens is 459 g/mol. The van der Waals surface area contributed by atoms with E-state index in [-0.39, 0.29) is 21.4 Å². The fourth-order valence-electron chi connectivity index (χ4n) is 2.72. The van der Waals surface area contributed by atoms with Gasteiger partial charge in [-0.2, -0.15) is 5.10 Å². The number of halogens is 2. The Labute approximate surface area is 187 Å². The highest BCUT2D eigenvalue weighted by atomic mass is 35.5. The largest absolute Gasteiger partial charge is 0.480 e. The number of anilines is 1. The van der Waals surface area contributed by atoms with Crippen LogP contribution in [0.3, 0.4) is 0 Å². The van der Waals surface area contributed by atoms with E-state index in [0.717, 1.165) is 5.39 Å². The van der Waals surface area contributed by atoms with Crippen LogP contribution in [0, 0.1) is 24.6 Å². The van der Waals surface area contributed by atoms with E-state index in [1.807, 2.05) is 0 Å². The molecule has 0 aliphatic heterocycles. The quantitative estimate of drug-likeness (QED) is 0.437. The summed E-state index contributed by atoms with van der Waals surface area (Å²) in [5.74, 6) is 3.80. The Balaban J connectivity index is 1.67. The van der Waals surface area contributed by atoms with Crippen LogP contribution in [0.5, 0.6) is 5.88 Å². The lowest BCUT2D eigenvalue weighted by Gasteiger charge is -2.12. The van der Waals surface area contributed by atoms with Crippen LogP contribution in [-0.4, -0.2) is 40.7 Å². The maximum Gasteiger partial charge on any atom is 0.268 e. The van der Waals surface area contributed by atoms with E-state index in [1.54, 1.807) is 19.2 Å². The van der Waals surface area contributed by atoms with Gasteiger partial charge in [-0.15, -0.1) is 0 Å². The fraction of sp³-hybridized carbons (Fsp3) is 0.100. The van der Waals surface area contributed by atoms with Crippen molar-refractivity contribution >= 4 is 38.5 Å². The van der Waals surface area contributed by atoms with Crippen molar-refractivity contribution in [1.29, 1.82) is 0 Å². The third-order valence-corrected chi connectivity index (χ3v) is 6.04. The molecule has 0 aliphatic rings. The number of pyridine rings is 3. The lowest BCUT2D eigenvalue weighted by molar-refractivity contribution is 0.384. The first-order chi connectivity index (χ1) is 15.3. The van der Waals surface area contributed by atoms with Gasteiger partial charge < -0.3 is 4.74 Å². The Morgan fingerprint density at radius 1 is 1.22 bits per heavy atom. The summed E-state index contributed by atoms with van der Waals surface area (Å²) in [6.45, 7) is 1.60. The van der Waals surface area contributed by atoms with Crippen molar-refractivity contribution in [3.63, 3.8) is 0 Å². The maximum atomic E-state index is 15.0. The molecular formula is C20H14ClFN6O3S. The number of H-pyrrole nitrogens is 1. The summed E-state index contributed by atoms with van der Waals surface area (Å²) in [6, 6.07) is 4.24. The Hall–Kier alpha value is -3.75. The number of nitrogens with one attached hydrogen (secondary N) is 2. The van der Waals surface area contributed by atoms with Gasteiger partial charge >= 0.3 is 0 Å². The zero-order chi connectivity index (χ0) is 22.9. The lowest BCUT2D eigenvalue weighted by Crippen LogP contribution is -2.17. The first kappa shape index (κ1) is 21.5. The molecule has 0 aliphatic carbocycles. The monoisotopic (exact) mass is 472 g/mol. The van der Waals surface area contributed by atoms with Crippen LogP contribution in [0.15, 0.2) is 41.7 Å². The van der Waals surface area contributed by atoms with Crippen molar-refractivity contribution in [1.82, 2.24) is 25.1 Å². The van der Waals surface area contributed by atoms with Crippen LogP contribution in [0.4, 0.5) is 10.2 Å². The molecule has 32 heavy (non-hydrogen) atoms. The average molecular weight is 473 g/mol. The number of sulfonamides is 1. The second kappa shape index (κ2) is 8.41. The SMILES string of the molecule is COc1nc(C)c(Cl)cc1S(=O)(=O)Nc1nccc(C#Cc2cnc3[nH]ncc3c2)c1F. The molecule has 0 fully saturated rings. The first-order valence-corrected chi connectivity index (χ1v) is 10.8. The summed E-state index contributed by atoms with van der Waals surface area (Å²) in [7, 11) is -3.05. The predicted molar refractivity (Wildman–Crippen MR) is 115 cm³/mol. The van der Waals surface area contributed by atoms with Crippen LogP contribution >= 0.6 is 11.6 Å². The van der Waals surface area contributed by atoms with Gasteiger partial charge in [-0.05, 0) is 25.1 Å². The second-order valence-corrected chi connectivity index (χ2v) is 8.53. The van der Waals surface area contributed by atoms with Gasteiger partial charge in [-0.3, -0.25) is 9.82 Å². The van der Waals surface area contributed by atoms with Crippen LogP contribution in [0.1, 0.15) is 16.8 Å². The number of hydrogen-bond acceptors (Lipinski definition) is 7. The van der Waals surface area contributed by atoms with E-state index in [9.17, 15) is 12.8 Å². The molecule has 0 radical (unpaired) electrons. The molecule has 12 heteroatoms.